The first-order chi connectivity index (χ1) is 5.47. The minimum Gasteiger partial charge on any atom is -0.254 e. The summed E-state index contributed by atoms with van der Waals surface area (Å²) in [5.74, 6) is 0.0840. The number of nitrogens with zero attached hydrogens (tertiary/aromatic N) is 2. The number of nitrogens with two attached hydrogens (primary N) is 1. The SMILES string of the molecule is NS(=O)(=O)Nc1cnc(Br)cn1. The highest BCUT2D eigenvalue weighted by Gasteiger charge is 2.02. The van der Waals surface area contributed by atoms with Crippen LogP contribution in [0.3, 0.4) is 0 Å². The molecule has 1 aromatic heterocycles. The molecule has 0 unspecified atom stereocenters. The van der Waals surface area contributed by atoms with Crippen LogP contribution in [0.2, 0.25) is 0 Å². The normalized spacial score (nSPS) is 11.2. The third-order valence-corrected chi connectivity index (χ3v) is 1.77. The summed E-state index contributed by atoms with van der Waals surface area (Å²) in [6, 6.07) is 0. The lowest BCUT2D eigenvalue weighted by atomic mass is 10.7. The molecule has 0 bridgehead atoms. The van der Waals surface area contributed by atoms with E-state index in [1.54, 1.807) is 0 Å². The molecular formula is C4H5BrN4O2S. The molecule has 6 nitrogen and oxygen atoms in total. The zero-order valence-electron chi connectivity index (χ0n) is 5.73. The molecule has 3 N–H and O–H groups in total. The van der Waals surface area contributed by atoms with Gasteiger partial charge in [0.25, 0.3) is 10.2 Å². The Hall–Kier alpha value is -0.730. The molecule has 0 aliphatic rings. The van der Waals surface area contributed by atoms with E-state index in [2.05, 4.69) is 31.0 Å². The Bertz CT molecular complexity index is 361. The third kappa shape index (κ3) is 3.11. The van der Waals surface area contributed by atoms with Gasteiger partial charge in [-0.3, -0.25) is 4.72 Å². The van der Waals surface area contributed by atoms with E-state index in [0.717, 1.165) is 0 Å². The first-order valence-corrected chi connectivity index (χ1v) is 5.09. The molecule has 66 valence electrons. The molecule has 1 rings (SSSR count). The molecule has 0 saturated carbocycles. The molecular weight excluding hydrogens is 248 g/mol. The van der Waals surface area contributed by atoms with Crippen molar-refractivity contribution >= 4 is 32.0 Å². The van der Waals surface area contributed by atoms with Gasteiger partial charge >= 0.3 is 0 Å². The Morgan fingerprint density at radius 1 is 1.42 bits per heavy atom. The van der Waals surface area contributed by atoms with Crippen LogP contribution in [-0.2, 0) is 10.2 Å². The molecule has 0 saturated heterocycles. The summed E-state index contributed by atoms with van der Waals surface area (Å²) in [5.41, 5.74) is 0. The lowest BCUT2D eigenvalue weighted by Crippen LogP contribution is -2.22. The fourth-order valence-corrected chi connectivity index (χ4v) is 1.11. The smallest absolute Gasteiger partial charge is 0.254 e. The van der Waals surface area contributed by atoms with Gasteiger partial charge in [0.15, 0.2) is 5.82 Å². The van der Waals surface area contributed by atoms with Gasteiger partial charge in [-0.25, -0.2) is 15.1 Å². The molecule has 0 spiro atoms. The predicted molar refractivity (Wildman–Crippen MR) is 46.5 cm³/mol. The minimum absolute atomic E-state index is 0.0840. The molecule has 0 radical (unpaired) electrons. The summed E-state index contributed by atoms with van der Waals surface area (Å²) < 4.78 is 23.4. The van der Waals surface area contributed by atoms with Crippen LogP contribution in [-0.4, -0.2) is 18.4 Å². The lowest BCUT2D eigenvalue weighted by molar-refractivity contribution is 0.602. The van der Waals surface area contributed by atoms with Crippen LogP contribution in [0.5, 0.6) is 0 Å². The van der Waals surface area contributed by atoms with Crippen molar-refractivity contribution in [3.8, 4) is 0 Å². The van der Waals surface area contributed by atoms with Crippen LogP contribution in [0.4, 0.5) is 5.82 Å². The quantitative estimate of drug-likeness (QED) is 0.765. The van der Waals surface area contributed by atoms with E-state index in [4.69, 9.17) is 0 Å². The largest absolute Gasteiger partial charge is 0.297 e. The second kappa shape index (κ2) is 3.33. The van der Waals surface area contributed by atoms with E-state index in [1.165, 1.54) is 12.4 Å². The van der Waals surface area contributed by atoms with Crippen LogP contribution in [0.25, 0.3) is 0 Å². The zero-order chi connectivity index (χ0) is 9.19. The number of hydrogen-bond acceptors (Lipinski definition) is 4. The fraction of sp³-hybridized carbons (Fsp3) is 0. The second-order valence-electron chi connectivity index (χ2n) is 1.87. The van der Waals surface area contributed by atoms with Crippen molar-refractivity contribution in [1.29, 1.82) is 0 Å². The van der Waals surface area contributed by atoms with Gasteiger partial charge in [0.05, 0.1) is 12.4 Å². The standard InChI is InChI=1S/C4H5BrN4O2S/c5-3-1-8-4(2-7-3)9-12(6,10)11/h1-2H,(H,8,9)(H2,6,10,11). The van der Waals surface area contributed by atoms with Crippen LogP contribution in [0.15, 0.2) is 17.0 Å². The van der Waals surface area contributed by atoms with Crippen molar-refractivity contribution in [3.05, 3.63) is 17.0 Å². The lowest BCUT2D eigenvalue weighted by Gasteiger charge is -2.00. The predicted octanol–water partition coefficient (Wildman–Crippen LogP) is -0.146. The van der Waals surface area contributed by atoms with Crippen molar-refractivity contribution in [3.63, 3.8) is 0 Å². The van der Waals surface area contributed by atoms with Gasteiger partial charge in [0.2, 0.25) is 0 Å². The van der Waals surface area contributed by atoms with Crippen LogP contribution < -0.4 is 9.86 Å². The highest BCUT2D eigenvalue weighted by Crippen LogP contribution is 2.06. The number of halogens is 1. The van der Waals surface area contributed by atoms with Crippen molar-refractivity contribution in [2.24, 2.45) is 5.14 Å². The van der Waals surface area contributed by atoms with Crippen molar-refractivity contribution in [2.75, 3.05) is 4.72 Å². The number of aromatic nitrogens is 2. The Morgan fingerprint density at radius 2 is 2.08 bits per heavy atom. The summed E-state index contributed by atoms with van der Waals surface area (Å²) >= 11 is 3.04. The fourth-order valence-electron chi connectivity index (χ4n) is 0.511. The molecule has 0 atom stereocenters. The Labute approximate surface area is 77.5 Å². The number of anilines is 1. The van der Waals surface area contributed by atoms with E-state index in [1.807, 2.05) is 4.72 Å². The number of rotatable bonds is 2. The maximum Gasteiger partial charge on any atom is 0.297 e. The van der Waals surface area contributed by atoms with Crippen LogP contribution in [0, 0.1) is 0 Å². The average Bonchev–Trinajstić information content (AvgIpc) is 1.91. The monoisotopic (exact) mass is 252 g/mol. The molecule has 1 aromatic rings. The Kier molecular flexibility index (Phi) is 2.60. The van der Waals surface area contributed by atoms with E-state index in [9.17, 15) is 8.42 Å². The average molecular weight is 253 g/mol. The van der Waals surface area contributed by atoms with Crippen molar-refractivity contribution in [2.45, 2.75) is 0 Å². The highest BCUT2D eigenvalue weighted by molar-refractivity contribution is 9.10. The summed E-state index contributed by atoms with van der Waals surface area (Å²) in [5, 5.41) is 4.69. The van der Waals surface area contributed by atoms with Gasteiger partial charge in [-0.1, -0.05) is 0 Å². The minimum atomic E-state index is -3.76. The van der Waals surface area contributed by atoms with Gasteiger partial charge in [0.1, 0.15) is 4.60 Å². The maximum atomic E-state index is 10.5. The van der Waals surface area contributed by atoms with Gasteiger partial charge in [-0.05, 0) is 15.9 Å². The van der Waals surface area contributed by atoms with Crippen molar-refractivity contribution in [1.82, 2.24) is 9.97 Å². The van der Waals surface area contributed by atoms with E-state index < -0.39 is 10.2 Å². The van der Waals surface area contributed by atoms with Crippen LogP contribution in [0.1, 0.15) is 0 Å². The maximum absolute atomic E-state index is 10.5. The summed E-state index contributed by atoms with van der Waals surface area (Å²) in [4.78, 5) is 7.42. The molecule has 0 amide bonds. The van der Waals surface area contributed by atoms with Gasteiger partial charge in [0, 0.05) is 0 Å². The molecule has 0 aliphatic carbocycles. The first kappa shape index (κ1) is 9.36. The molecule has 0 fully saturated rings. The Balaban J connectivity index is 2.85. The van der Waals surface area contributed by atoms with Crippen molar-refractivity contribution < 1.29 is 8.42 Å². The van der Waals surface area contributed by atoms with E-state index in [-0.39, 0.29) is 5.82 Å². The zero-order valence-corrected chi connectivity index (χ0v) is 8.13. The molecule has 0 aliphatic heterocycles. The van der Waals surface area contributed by atoms with Gasteiger partial charge < -0.3 is 0 Å². The second-order valence-corrected chi connectivity index (χ2v) is 3.98. The van der Waals surface area contributed by atoms with E-state index in [0.29, 0.717) is 4.60 Å². The number of nitrogens with one attached hydrogen (secondary N) is 1. The summed E-state index contributed by atoms with van der Waals surface area (Å²) in [6.45, 7) is 0. The first-order valence-electron chi connectivity index (χ1n) is 2.75. The van der Waals surface area contributed by atoms with E-state index >= 15 is 0 Å². The molecule has 1 heterocycles. The Morgan fingerprint density at radius 3 is 2.50 bits per heavy atom. The third-order valence-electron chi connectivity index (χ3n) is 0.867. The molecule has 8 heteroatoms. The van der Waals surface area contributed by atoms with Gasteiger partial charge in [-0.15, -0.1) is 0 Å². The van der Waals surface area contributed by atoms with Gasteiger partial charge in [-0.2, -0.15) is 8.42 Å². The molecule has 12 heavy (non-hydrogen) atoms. The highest BCUT2D eigenvalue weighted by atomic mass is 79.9. The van der Waals surface area contributed by atoms with Crippen LogP contribution >= 0.6 is 15.9 Å². The summed E-state index contributed by atoms with van der Waals surface area (Å²) in [6.07, 6.45) is 2.60. The summed E-state index contributed by atoms with van der Waals surface area (Å²) in [7, 11) is -3.76. The topological polar surface area (TPSA) is 98.0 Å². The number of hydrogen-bond donors (Lipinski definition) is 2. The molecule has 0 aromatic carbocycles.